The van der Waals surface area contributed by atoms with Crippen molar-refractivity contribution in [3.05, 3.63) is 0 Å². The van der Waals surface area contributed by atoms with E-state index in [0.29, 0.717) is 6.42 Å². The van der Waals surface area contributed by atoms with Crippen LogP contribution in [0.2, 0.25) is 0 Å². The molecule has 0 aromatic heterocycles. The van der Waals surface area contributed by atoms with Crippen molar-refractivity contribution >= 4 is 29.7 Å². The highest BCUT2D eigenvalue weighted by Crippen LogP contribution is 2.09. The second-order valence-electron chi connectivity index (χ2n) is 6.87. The first-order chi connectivity index (χ1) is 13.3. The number of nitrogens with one attached hydrogen (secondary N) is 3. The fourth-order valence-electron chi connectivity index (χ4n) is 2.28. The molecule has 3 amide bonds. The van der Waals surface area contributed by atoms with Crippen LogP contribution in [0.5, 0.6) is 0 Å². The summed E-state index contributed by atoms with van der Waals surface area (Å²) in [6.07, 6.45) is -1.49. The molecule has 0 radical (unpaired) electrons. The predicted molar refractivity (Wildman–Crippen MR) is 100 cm³/mol. The van der Waals surface area contributed by atoms with Gasteiger partial charge in [-0.15, -0.1) is 0 Å². The van der Waals surface area contributed by atoms with E-state index in [4.69, 9.17) is 15.9 Å². The highest BCUT2D eigenvalue weighted by Gasteiger charge is 2.32. The van der Waals surface area contributed by atoms with Gasteiger partial charge in [0.2, 0.25) is 17.7 Å². The van der Waals surface area contributed by atoms with Crippen molar-refractivity contribution in [2.24, 2.45) is 11.7 Å². The average Bonchev–Trinajstić information content (AvgIpc) is 2.61. The summed E-state index contributed by atoms with van der Waals surface area (Å²) in [5.74, 6) is -5.47. The molecule has 29 heavy (non-hydrogen) atoms. The van der Waals surface area contributed by atoms with Crippen LogP contribution in [-0.2, 0) is 24.0 Å². The Balaban J connectivity index is 5.13. The molecule has 0 rings (SSSR count). The lowest BCUT2D eigenvalue weighted by atomic mass is 9.97. The van der Waals surface area contributed by atoms with Crippen LogP contribution in [0.3, 0.4) is 0 Å². The standard InChI is InChI=1S/C17H30N4O8/c1-5-7(2)12(20-15(26)10(18)6-11(23)24)16(27)19-8(3)14(25)21-13(9(4)22)17(28)29/h7-10,12-13,22H,5-6,18H2,1-4H3,(H,19,27)(H,20,26)(H,21,25)(H,23,24)(H,28,29). The number of carboxylic acid groups (broad SMARTS) is 2. The molecule has 0 saturated carbocycles. The van der Waals surface area contributed by atoms with E-state index in [9.17, 15) is 29.1 Å². The van der Waals surface area contributed by atoms with E-state index in [1.165, 1.54) is 13.8 Å². The molecule has 0 saturated heterocycles. The monoisotopic (exact) mass is 418 g/mol. The van der Waals surface area contributed by atoms with Gasteiger partial charge in [-0.1, -0.05) is 20.3 Å². The van der Waals surface area contributed by atoms with Gasteiger partial charge in [0, 0.05) is 0 Å². The first-order valence-electron chi connectivity index (χ1n) is 9.11. The maximum Gasteiger partial charge on any atom is 0.328 e. The number of nitrogens with two attached hydrogens (primary N) is 1. The summed E-state index contributed by atoms with van der Waals surface area (Å²) in [6.45, 7) is 5.94. The van der Waals surface area contributed by atoms with E-state index in [-0.39, 0.29) is 5.92 Å². The fraction of sp³-hybridized carbons (Fsp3) is 0.706. The third kappa shape index (κ3) is 8.87. The summed E-state index contributed by atoms with van der Waals surface area (Å²) in [4.78, 5) is 58.5. The molecular formula is C17H30N4O8. The van der Waals surface area contributed by atoms with Gasteiger partial charge < -0.3 is 37.0 Å². The number of carbonyl (C=O) groups is 5. The van der Waals surface area contributed by atoms with Gasteiger partial charge in [-0.25, -0.2) is 4.79 Å². The predicted octanol–water partition coefficient (Wildman–Crippen LogP) is -2.23. The van der Waals surface area contributed by atoms with E-state index in [1.54, 1.807) is 13.8 Å². The Kier molecular flexibility index (Phi) is 10.8. The number of amides is 3. The molecule has 0 heterocycles. The number of carboxylic acids is 2. The van der Waals surface area contributed by atoms with Crippen LogP contribution in [0.15, 0.2) is 0 Å². The molecule has 0 aliphatic carbocycles. The molecule has 166 valence electrons. The number of carbonyl (C=O) groups excluding carboxylic acids is 3. The highest BCUT2D eigenvalue weighted by molar-refractivity contribution is 5.94. The topological polar surface area (TPSA) is 208 Å². The molecule has 0 spiro atoms. The van der Waals surface area contributed by atoms with Gasteiger partial charge in [-0.05, 0) is 19.8 Å². The van der Waals surface area contributed by atoms with Gasteiger partial charge in [0.25, 0.3) is 0 Å². The quantitative estimate of drug-likeness (QED) is 0.183. The Labute approximate surface area is 168 Å². The highest BCUT2D eigenvalue weighted by atomic mass is 16.4. The fourth-order valence-corrected chi connectivity index (χ4v) is 2.28. The van der Waals surface area contributed by atoms with Crippen LogP contribution in [-0.4, -0.2) is 75.3 Å². The zero-order valence-electron chi connectivity index (χ0n) is 16.8. The maximum atomic E-state index is 12.6. The number of hydrogen-bond acceptors (Lipinski definition) is 7. The Morgan fingerprint density at radius 3 is 1.79 bits per heavy atom. The molecule has 0 bridgehead atoms. The van der Waals surface area contributed by atoms with Crippen molar-refractivity contribution < 1.29 is 39.3 Å². The Bertz CT molecular complexity index is 625. The maximum absolute atomic E-state index is 12.6. The second kappa shape index (κ2) is 12.0. The van der Waals surface area contributed by atoms with Crippen LogP contribution in [0, 0.1) is 5.92 Å². The van der Waals surface area contributed by atoms with Gasteiger partial charge in [0.15, 0.2) is 6.04 Å². The van der Waals surface area contributed by atoms with Crippen LogP contribution in [0.4, 0.5) is 0 Å². The number of aliphatic hydroxyl groups excluding tert-OH is 1. The first-order valence-corrected chi connectivity index (χ1v) is 9.11. The summed E-state index contributed by atoms with van der Waals surface area (Å²) >= 11 is 0. The van der Waals surface area contributed by atoms with Crippen molar-refractivity contribution in [3.8, 4) is 0 Å². The smallest absolute Gasteiger partial charge is 0.328 e. The summed E-state index contributed by atoms with van der Waals surface area (Å²) in [5.41, 5.74) is 5.50. The summed E-state index contributed by atoms with van der Waals surface area (Å²) in [7, 11) is 0. The van der Waals surface area contributed by atoms with E-state index in [2.05, 4.69) is 16.0 Å². The Hall–Kier alpha value is -2.73. The molecular weight excluding hydrogens is 388 g/mol. The minimum atomic E-state index is -1.55. The molecule has 12 nitrogen and oxygen atoms in total. The van der Waals surface area contributed by atoms with Crippen molar-refractivity contribution in [1.82, 2.24) is 16.0 Å². The zero-order chi connectivity index (χ0) is 22.9. The van der Waals surface area contributed by atoms with Gasteiger partial charge in [-0.3, -0.25) is 19.2 Å². The zero-order valence-corrected chi connectivity index (χ0v) is 16.8. The van der Waals surface area contributed by atoms with Gasteiger partial charge >= 0.3 is 11.9 Å². The van der Waals surface area contributed by atoms with Gasteiger partial charge in [0.1, 0.15) is 12.1 Å². The van der Waals surface area contributed by atoms with E-state index in [1.807, 2.05) is 0 Å². The van der Waals surface area contributed by atoms with Gasteiger partial charge in [-0.2, -0.15) is 0 Å². The lowest BCUT2D eigenvalue weighted by Crippen LogP contribution is -2.58. The molecule has 6 atom stereocenters. The Morgan fingerprint density at radius 2 is 1.38 bits per heavy atom. The molecule has 0 aromatic rings. The normalized spacial score (nSPS) is 17.0. The molecule has 12 heteroatoms. The van der Waals surface area contributed by atoms with Crippen molar-refractivity contribution in [2.75, 3.05) is 0 Å². The van der Waals surface area contributed by atoms with Crippen LogP contribution in [0.25, 0.3) is 0 Å². The van der Waals surface area contributed by atoms with E-state index in [0.717, 1.165) is 0 Å². The van der Waals surface area contributed by atoms with Gasteiger partial charge in [0.05, 0.1) is 18.6 Å². The second-order valence-corrected chi connectivity index (χ2v) is 6.87. The lowest BCUT2D eigenvalue weighted by molar-refractivity contribution is -0.145. The van der Waals surface area contributed by atoms with Crippen LogP contribution < -0.4 is 21.7 Å². The van der Waals surface area contributed by atoms with Crippen molar-refractivity contribution in [3.63, 3.8) is 0 Å². The molecule has 0 aliphatic rings. The number of aliphatic hydroxyl groups is 1. The molecule has 6 unspecified atom stereocenters. The van der Waals surface area contributed by atoms with Crippen LogP contribution in [0.1, 0.15) is 40.5 Å². The molecule has 0 fully saturated rings. The lowest BCUT2D eigenvalue weighted by Gasteiger charge is -2.27. The number of rotatable bonds is 12. The minimum absolute atomic E-state index is 0.365. The first kappa shape index (κ1) is 26.3. The van der Waals surface area contributed by atoms with E-state index >= 15 is 0 Å². The van der Waals surface area contributed by atoms with Crippen molar-refractivity contribution in [1.29, 1.82) is 0 Å². The third-order valence-corrected chi connectivity index (χ3v) is 4.32. The molecule has 8 N–H and O–H groups in total. The minimum Gasteiger partial charge on any atom is -0.481 e. The van der Waals surface area contributed by atoms with Crippen LogP contribution >= 0.6 is 0 Å². The number of hydrogen-bond donors (Lipinski definition) is 7. The van der Waals surface area contributed by atoms with E-state index < -0.39 is 66.4 Å². The summed E-state index contributed by atoms with van der Waals surface area (Å²) in [5, 5.41) is 34.0. The molecule has 0 aliphatic heterocycles. The summed E-state index contributed by atoms with van der Waals surface area (Å²) < 4.78 is 0. The average molecular weight is 418 g/mol. The van der Waals surface area contributed by atoms with Crippen molar-refractivity contribution in [2.45, 2.75) is 70.8 Å². The summed E-state index contributed by atoms with van der Waals surface area (Å²) in [6, 6.07) is -5.16. The molecule has 0 aromatic carbocycles. The SMILES string of the molecule is CCC(C)C(NC(=O)C(N)CC(=O)O)C(=O)NC(C)C(=O)NC(C(=O)O)C(C)O. The number of aliphatic carboxylic acids is 2. The Morgan fingerprint density at radius 1 is 0.862 bits per heavy atom. The largest absolute Gasteiger partial charge is 0.481 e. The third-order valence-electron chi connectivity index (χ3n) is 4.32.